The maximum atomic E-state index is 8.55. The fraction of sp³-hybridized carbons (Fsp3) is 0. The van der Waals surface area contributed by atoms with Gasteiger partial charge in [0.1, 0.15) is 0 Å². The second-order valence-corrected chi connectivity index (χ2v) is 1.34. The van der Waals surface area contributed by atoms with E-state index >= 15 is 0 Å². The Kier molecular flexibility index (Phi) is 327. The van der Waals surface area contributed by atoms with E-state index in [4.69, 9.17) is 19.2 Å². The van der Waals surface area contributed by atoms with Gasteiger partial charge in [0.25, 0.3) is 0 Å². The minimum atomic E-state index is -5.39. The second-order valence-electron chi connectivity index (χ2n) is 0.447. The van der Waals surface area contributed by atoms with Gasteiger partial charge in [0.15, 0.2) is 0 Å². The van der Waals surface area contributed by atoms with Crippen molar-refractivity contribution in [3.8, 4) is 0 Å². The number of hydrogen-bond acceptors (Lipinski definition) is 4. The van der Waals surface area contributed by atoms with Crippen LogP contribution in [0.3, 0.4) is 0 Å². The Balaban J connectivity index is -0.00000000286. The van der Waals surface area contributed by atoms with Crippen LogP contribution in [0.2, 0.25) is 0 Å². The third kappa shape index (κ3) is 10800. The van der Waals surface area contributed by atoms with E-state index in [9.17, 15) is 0 Å². The summed E-state index contributed by atoms with van der Waals surface area (Å²) in [6, 6.07) is 0. The number of hydrogen-bond donors (Lipinski definition) is 0. The van der Waals surface area contributed by atoms with Crippen molar-refractivity contribution in [2.24, 2.45) is 0 Å². The molecule has 0 aromatic carbocycles. The molecule has 93 valence electrons. The summed E-state index contributed by atoms with van der Waals surface area (Å²) in [6.45, 7) is 0. The number of phosphoric acid groups is 1. The van der Waals surface area contributed by atoms with E-state index in [0.717, 1.165) is 0 Å². The van der Waals surface area contributed by atoms with Crippen LogP contribution in [0.15, 0.2) is 0 Å². The number of rotatable bonds is 0. The van der Waals surface area contributed by atoms with Crippen molar-refractivity contribution in [3.63, 3.8) is 0 Å². The van der Waals surface area contributed by atoms with Gasteiger partial charge in [-0.3, -0.25) is 0 Å². The van der Waals surface area contributed by atoms with Gasteiger partial charge in [-0.25, -0.2) is 0 Å². The van der Waals surface area contributed by atoms with E-state index in [2.05, 4.69) is 0 Å². The molecule has 0 aromatic rings. The normalized spacial score (nSPS) is 4.54. The van der Waals surface area contributed by atoms with Gasteiger partial charge < -0.3 is 57.6 Å². The minimum absolute atomic E-state index is 0. The third-order valence-electron chi connectivity index (χ3n) is 0. The molecule has 14 N–H and O–H groups in total. The fourth-order valence-corrected chi connectivity index (χ4v) is 0. The van der Waals surface area contributed by atoms with Gasteiger partial charge in [0.2, 0.25) is 0 Å². The average molecular weight is 277 g/mol. The molecule has 11 nitrogen and oxygen atoms in total. The smallest absolute Gasteiger partial charge is 0.822 e. The summed E-state index contributed by atoms with van der Waals surface area (Å²) in [6.07, 6.45) is 0. The van der Waals surface area contributed by atoms with E-state index < -0.39 is 7.82 Å². The molecule has 0 heterocycles. The molecule has 0 aromatic heterocycles. The molecule has 0 rings (SSSR count). The van der Waals surface area contributed by atoms with Gasteiger partial charge in [-0.2, -0.15) is 7.82 Å². The molecule has 0 unspecified atom stereocenters. The van der Waals surface area contributed by atoms with Crippen LogP contribution < -0.4 is 14.7 Å². The standard InChI is InChI=1S/Fe.H3O4P.7H2O/c;1-5(2,3)4;;;;;;;/h;(H3,1,2,3,4);7*1H2/q+3;;;;;;;;/p-3. The molecule has 0 aliphatic heterocycles. The molecular weight excluding hydrogens is 263 g/mol. The molecule has 0 saturated heterocycles. The van der Waals surface area contributed by atoms with Crippen LogP contribution in [0.1, 0.15) is 0 Å². The zero-order valence-electron chi connectivity index (χ0n) is 5.93. The zero-order chi connectivity index (χ0) is 4.50. The topological polar surface area (TPSA) is 307 Å². The van der Waals surface area contributed by atoms with Gasteiger partial charge in [-0.1, -0.05) is 0 Å². The molecule has 0 fully saturated rings. The summed E-state index contributed by atoms with van der Waals surface area (Å²) < 4.78 is 8.55. The van der Waals surface area contributed by atoms with Crippen molar-refractivity contribution < 1.29 is 74.6 Å². The Hall–Kier alpha value is 0.349. The Bertz CT molecular complexity index is 56.2. The van der Waals surface area contributed by atoms with Crippen molar-refractivity contribution in [2.75, 3.05) is 0 Å². The first-order chi connectivity index (χ1) is 2.00. The molecule has 13 heavy (non-hydrogen) atoms. The van der Waals surface area contributed by atoms with Crippen LogP contribution in [0, 0.1) is 0 Å². The van der Waals surface area contributed by atoms with Crippen molar-refractivity contribution >= 4 is 7.82 Å². The predicted molar refractivity (Wildman–Crippen MR) is 32.9 cm³/mol. The van der Waals surface area contributed by atoms with Crippen LogP contribution in [0.4, 0.5) is 0 Å². The fourth-order valence-electron chi connectivity index (χ4n) is 0. The first-order valence-electron chi connectivity index (χ1n) is 0.730. The van der Waals surface area contributed by atoms with Crippen LogP contribution in [-0.4, -0.2) is 38.3 Å². The maximum Gasteiger partial charge on any atom is 3.00 e. The van der Waals surface area contributed by atoms with Crippen molar-refractivity contribution in [1.29, 1.82) is 0 Å². The first kappa shape index (κ1) is 108. The van der Waals surface area contributed by atoms with E-state index in [1.807, 2.05) is 0 Å². The van der Waals surface area contributed by atoms with Gasteiger partial charge in [0.05, 0.1) is 0 Å². The second kappa shape index (κ2) is 39.5. The summed E-state index contributed by atoms with van der Waals surface area (Å²) in [4.78, 5) is 25.6. The molecule has 0 amide bonds. The van der Waals surface area contributed by atoms with Gasteiger partial charge in [-0.05, 0) is 0 Å². The zero-order valence-corrected chi connectivity index (χ0v) is 7.93. The summed E-state index contributed by atoms with van der Waals surface area (Å²) in [7, 11) is -5.39. The van der Waals surface area contributed by atoms with Crippen molar-refractivity contribution in [2.45, 2.75) is 0 Å². The van der Waals surface area contributed by atoms with E-state index in [1.54, 1.807) is 0 Å². The van der Waals surface area contributed by atoms with E-state index in [1.165, 1.54) is 0 Å². The monoisotopic (exact) mass is 277 g/mol. The molecule has 13 heteroatoms. The molecular formula is H14FeO11P. The molecule has 0 spiro atoms. The summed E-state index contributed by atoms with van der Waals surface area (Å²) in [5.74, 6) is 0. The van der Waals surface area contributed by atoms with Crippen LogP contribution in [-0.2, 0) is 21.6 Å². The summed E-state index contributed by atoms with van der Waals surface area (Å²) in [5.41, 5.74) is 0. The SMILES string of the molecule is O.O.O.O.O.O.O.O=P([O-])([O-])[O-].[Fe+3]. The summed E-state index contributed by atoms with van der Waals surface area (Å²) in [5, 5.41) is 0. The molecule has 0 aliphatic carbocycles. The van der Waals surface area contributed by atoms with Gasteiger partial charge in [-0.15, -0.1) is 0 Å². The van der Waals surface area contributed by atoms with Crippen LogP contribution in [0.5, 0.6) is 0 Å². The minimum Gasteiger partial charge on any atom is -0.822 e. The molecule has 0 aliphatic rings. The van der Waals surface area contributed by atoms with Crippen LogP contribution >= 0.6 is 7.82 Å². The molecule has 0 bridgehead atoms. The maximum absolute atomic E-state index is 8.55. The molecule has 0 saturated carbocycles. The van der Waals surface area contributed by atoms with E-state index in [0.29, 0.717) is 0 Å². The Labute approximate surface area is 83.3 Å². The van der Waals surface area contributed by atoms with Gasteiger partial charge in [0, 0.05) is 0 Å². The Morgan fingerprint density at radius 2 is 0.615 bits per heavy atom. The van der Waals surface area contributed by atoms with Crippen LogP contribution in [0.25, 0.3) is 0 Å². The van der Waals surface area contributed by atoms with E-state index in [-0.39, 0.29) is 55.4 Å². The van der Waals surface area contributed by atoms with Crippen molar-refractivity contribution in [3.05, 3.63) is 0 Å². The quantitative estimate of drug-likeness (QED) is 0.307. The predicted octanol–water partition coefficient (Wildman–Crippen LogP) is -8.60. The third-order valence-corrected chi connectivity index (χ3v) is 0. The molecule has 1 radical (unpaired) electrons. The largest absolute Gasteiger partial charge is 3.00 e. The average Bonchev–Trinajstić information content (AvgIpc) is 0.722. The van der Waals surface area contributed by atoms with Crippen molar-refractivity contribution in [1.82, 2.24) is 0 Å². The Morgan fingerprint density at radius 3 is 0.615 bits per heavy atom. The molecule has 0 atom stereocenters. The first-order valence-corrected chi connectivity index (χ1v) is 2.19. The Morgan fingerprint density at radius 1 is 0.615 bits per heavy atom. The summed E-state index contributed by atoms with van der Waals surface area (Å²) >= 11 is 0. The van der Waals surface area contributed by atoms with Gasteiger partial charge >= 0.3 is 17.1 Å².